The maximum absolute atomic E-state index is 12.9. The molecule has 0 atom stereocenters. The van der Waals surface area contributed by atoms with Crippen LogP contribution in [0.1, 0.15) is 22.3 Å². The summed E-state index contributed by atoms with van der Waals surface area (Å²) in [5.41, 5.74) is 3.30. The van der Waals surface area contributed by atoms with Crippen molar-refractivity contribution in [2.24, 2.45) is 4.99 Å². The van der Waals surface area contributed by atoms with Crippen molar-refractivity contribution in [3.05, 3.63) is 126 Å². The minimum atomic E-state index is 0.0615. The molecular weight excluding hydrogens is 386 g/mol. The molecule has 0 spiro atoms. The topological polar surface area (TPSA) is 29.4 Å². The van der Waals surface area contributed by atoms with Crippen LogP contribution in [-0.2, 0) is 0 Å². The average molecular weight is 408 g/mol. The number of rotatable bonds is 7. The number of aliphatic imine (C=N–C) groups is 1. The van der Waals surface area contributed by atoms with Crippen molar-refractivity contribution in [2.75, 3.05) is 0 Å². The van der Waals surface area contributed by atoms with Crippen LogP contribution in [0.4, 0.5) is 5.69 Å². The van der Waals surface area contributed by atoms with Crippen LogP contribution in [-0.4, -0.2) is 11.5 Å². The fraction of sp³-hybridized carbons (Fsp3) is 0.0370. The molecule has 0 aliphatic carbocycles. The van der Waals surface area contributed by atoms with Crippen LogP contribution in [0.25, 0.3) is 0 Å². The van der Waals surface area contributed by atoms with E-state index >= 15 is 0 Å². The van der Waals surface area contributed by atoms with Crippen LogP contribution < -0.4 is 0 Å². The Morgan fingerprint density at radius 3 is 1.83 bits per heavy atom. The lowest BCUT2D eigenvalue weighted by atomic mass is 10.0. The first-order valence-corrected chi connectivity index (χ1v) is 10.6. The monoisotopic (exact) mass is 407 g/mol. The van der Waals surface area contributed by atoms with Gasteiger partial charge in [-0.25, -0.2) is 0 Å². The third-order valence-electron chi connectivity index (χ3n) is 4.62. The molecule has 146 valence electrons. The van der Waals surface area contributed by atoms with Gasteiger partial charge in [0.15, 0.2) is 5.78 Å². The fourth-order valence-electron chi connectivity index (χ4n) is 3.11. The third kappa shape index (κ3) is 5.13. The van der Waals surface area contributed by atoms with Gasteiger partial charge < -0.3 is 0 Å². The number of carbonyl (C=O) groups excluding carboxylic acids is 1. The number of para-hydroxylation sites is 1. The maximum Gasteiger partial charge on any atom is 0.168 e. The Morgan fingerprint density at radius 1 is 0.633 bits per heavy atom. The summed E-state index contributed by atoms with van der Waals surface area (Å²) in [4.78, 5) is 20.1. The molecule has 4 rings (SSSR count). The smallest absolute Gasteiger partial charge is 0.168 e. The minimum Gasteiger partial charge on any atom is -0.294 e. The molecule has 0 saturated carbocycles. The van der Waals surface area contributed by atoms with Crippen molar-refractivity contribution in [2.45, 2.75) is 16.2 Å². The van der Waals surface area contributed by atoms with Gasteiger partial charge in [0.1, 0.15) is 0 Å². The summed E-state index contributed by atoms with van der Waals surface area (Å²) in [7, 11) is 0. The standard InChI is InChI=1S/C27H21NOS/c29-26(22-14-6-2-7-15-22)20-25(21-12-4-1-5-13-21)28-24-18-10-11-19-27(24)30-23-16-8-3-9-17-23/h1-19H,20H2. The van der Waals surface area contributed by atoms with Crippen molar-refractivity contribution in [3.8, 4) is 0 Å². The van der Waals surface area contributed by atoms with Gasteiger partial charge in [-0.2, -0.15) is 0 Å². The van der Waals surface area contributed by atoms with E-state index in [4.69, 9.17) is 4.99 Å². The van der Waals surface area contributed by atoms with Gasteiger partial charge in [-0.1, -0.05) is 103 Å². The first-order valence-electron chi connectivity index (χ1n) is 9.83. The van der Waals surface area contributed by atoms with Crippen molar-refractivity contribution in [1.82, 2.24) is 0 Å². The number of hydrogen-bond acceptors (Lipinski definition) is 3. The van der Waals surface area contributed by atoms with Gasteiger partial charge in [-0.3, -0.25) is 9.79 Å². The molecule has 0 amide bonds. The first kappa shape index (κ1) is 19.9. The van der Waals surface area contributed by atoms with E-state index < -0.39 is 0 Å². The van der Waals surface area contributed by atoms with E-state index in [1.165, 1.54) is 0 Å². The molecule has 2 nitrogen and oxygen atoms in total. The zero-order valence-corrected chi connectivity index (χ0v) is 17.3. The Bertz CT molecular complexity index is 1140. The number of hydrogen-bond donors (Lipinski definition) is 0. The molecule has 0 unspecified atom stereocenters. The van der Waals surface area contributed by atoms with E-state index in [-0.39, 0.29) is 12.2 Å². The molecule has 0 fully saturated rings. The molecule has 4 aromatic rings. The molecule has 0 bridgehead atoms. The Balaban J connectivity index is 1.70. The molecule has 0 aromatic heterocycles. The van der Waals surface area contributed by atoms with Gasteiger partial charge in [0.05, 0.1) is 17.8 Å². The number of Topliss-reactive ketones (excluding diaryl/α,β-unsaturated/α-hetero) is 1. The molecule has 0 radical (unpaired) electrons. The first-order chi connectivity index (χ1) is 14.8. The highest BCUT2D eigenvalue weighted by Crippen LogP contribution is 2.35. The lowest BCUT2D eigenvalue weighted by Gasteiger charge is -2.10. The van der Waals surface area contributed by atoms with Crippen LogP contribution in [0, 0.1) is 0 Å². The Labute approximate surface area is 181 Å². The molecule has 0 saturated heterocycles. The van der Waals surface area contributed by atoms with Gasteiger partial charge >= 0.3 is 0 Å². The SMILES string of the molecule is O=C(CC(=Nc1ccccc1Sc1ccccc1)c1ccccc1)c1ccccc1. The lowest BCUT2D eigenvalue weighted by Crippen LogP contribution is -2.09. The molecule has 0 heterocycles. The van der Waals surface area contributed by atoms with Crippen molar-refractivity contribution in [1.29, 1.82) is 0 Å². The van der Waals surface area contributed by atoms with Crippen molar-refractivity contribution in [3.63, 3.8) is 0 Å². The van der Waals surface area contributed by atoms with Gasteiger partial charge in [0, 0.05) is 15.4 Å². The number of ketones is 1. The quantitative estimate of drug-likeness (QED) is 0.239. The molecule has 3 heteroatoms. The second-order valence-electron chi connectivity index (χ2n) is 6.77. The van der Waals surface area contributed by atoms with E-state index in [1.54, 1.807) is 11.8 Å². The third-order valence-corrected chi connectivity index (χ3v) is 5.70. The highest BCUT2D eigenvalue weighted by Gasteiger charge is 2.13. The highest BCUT2D eigenvalue weighted by molar-refractivity contribution is 7.99. The minimum absolute atomic E-state index is 0.0615. The van der Waals surface area contributed by atoms with Crippen molar-refractivity contribution >= 4 is 28.9 Å². The van der Waals surface area contributed by atoms with E-state index in [0.29, 0.717) is 5.56 Å². The molecular formula is C27H21NOS. The van der Waals surface area contributed by atoms with E-state index in [2.05, 4.69) is 18.2 Å². The largest absolute Gasteiger partial charge is 0.294 e. The normalized spacial score (nSPS) is 11.3. The summed E-state index contributed by atoms with van der Waals surface area (Å²) < 4.78 is 0. The second kappa shape index (κ2) is 9.86. The summed E-state index contributed by atoms with van der Waals surface area (Å²) >= 11 is 1.67. The fourth-order valence-corrected chi connectivity index (χ4v) is 4.02. The summed E-state index contributed by atoms with van der Waals surface area (Å²) in [5.74, 6) is 0.0615. The van der Waals surface area contributed by atoms with Crippen LogP contribution in [0.3, 0.4) is 0 Å². The zero-order chi connectivity index (χ0) is 20.6. The van der Waals surface area contributed by atoms with Crippen LogP contribution in [0.15, 0.2) is 130 Å². The van der Waals surface area contributed by atoms with Crippen molar-refractivity contribution < 1.29 is 4.79 Å². The predicted molar refractivity (Wildman–Crippen MR) is 125 cm³/mol. The number of carbonyl (C=O) groups is 1. The summed E-state index contributed by atoms with van der Waals surface area (Å²) in [6.07, 6.45) is 0.248. The Morgan fingerprint density at radius 2 is 1.17 bits per heavy atom. The molecule has 0 aliphatic heterocycles. The lowest BCUT2D eigenvalue weighted by molar-refractivity contribution is 0.100. The molecule has 30 heavy (non-hydrogen) atoms. The van der Waals surface area contributed by atoms with E-state index in [0.717, 1.165) is 26.8 Å². The van der Waals surface area contributed by atoms with Crippen LogP contribution in [0.2, 0.25) is 0 Å². The zero-order valence-electron chi connectivity index (χ0n) is 16.4. The number of benzene rings is 4. The van der Waals surface area contributed by atoms with Crippen LogP contribution >= 0.6 is 11.8 Å². The van der Waals surface area contributed by atoms with Crippen LogP contribution in [0.5, 0.6) is 0 Å². The second-order valence-corrected chi connectivity index (χ2v) is 7.89. The van der Waals surface area contributed by atoms with Gasteiger partial charge in [0.2, 0.25) is 0 Å². The Hall–Kier alpha value is -3.43. The summed E-state index contributed by atoms with van der Waals surface area (Å²) in [6.45, 7) is 0. The van der Waals surface area contributed by atoms with E-state index in [9.17, 15) is 4.79 Å². The molecule has 0 aliphatic rings. The van der Waals surface area contributed by atoms with Gasteiger partial charge in [-0.15, -0.1) is 0 Å². The summed E-state index contributed by atoms with van der Waals surface area (Å²) in [6, 6.07) is 37.6. The Kier molecular flexibility index (Phi) is 6.53. The average Bonchev–Trinajstić information content (AvgIpc) is 2.81. The molecule has 0 N–H and O–H groups in total. The highest BCUT2D eigenvalue weighted by atomic mass is 32.2. The van der Waals surface area contributed by atoms with E-state index in [1.807, 2.05) is 97.1 Å². The number of nitrogens with zero attached hydrogens (tertiary/aromatic N) is 1. The van der Waals surface area contributed by atoms with Gasteiger partial charge in [-0.05, 0) is 29.8 Å². The maximum atomic E-state index is 12.9. The molecule has 4 aromatic carbocycles. The van der Waals surface area contributed by atoms with Gasteiger partial charge in [0.25, 0.3) is 0 Å². The predicted octanol–water partition coefficient (Wildman–Crippen LogP) is 7.23. The summed E-state index contributed by atoms with van der Waals surface area (Å²) in [5, 5.41) is 0.